The quantitative estimate of drug-likeness (QED) is 0.486. The third kappa shape index (κ3) is 2.35. The molecule has 0 saturated heterocycles. The molecule has 0 aromatic carbocycles. The molecule has 0 spiro atoms. The lowest BCUT2D eigenvalue weighted by molar-refractivity contribution is 0.493. The van der Waals surface area contributed by atoms with E-state index < -0.39 is 17.5 Å². The van der Waals surface area contributed by atoms with Crippen LogP contribution >= 0.6 is 0 Å². The molecule has 0 aromatic heterocycles. The van der Waals surface area contributed by atoms with Crippen molar-refractivity contribution in [2.24, 2.45) is 0 Å². The minimum absolute atomic E-state index is 0.860. The summed E-state index contributed by atoms with van der Waals surface area (Å²) in [6.45, 7) is 2.15. The first kappa shape index (κ1) is 8.27. The zero-order valence-corrected chi connectivity index (χ0v) is 5.21. The minimum atomic E-state index is -1.42. The van der Waals surface area contributed by atoms with Gasteiger partial charge in [0.2, 0.25) is 0 Å². The Balaban J connectivity index is 4.40. The topological polar surface area (TPSA) is 0 Å². The molecular weight excluding hydrogens is 129 g/mol. The lowest BCUT2D eigenvalue weighted by Gasteiger charge is -1.89. The molecule has 0 amide bonds. The van der Waals surface area contributed by atoms with Crippen LogP contribution in [0.3, 0.4) is 0 Å². The Morgan fingerprint density at radius 2 is 1.67 bits per heavy atom. The van der Waals surface area contributed by atoms with Crippen LogP contribution in [-0.2, 0) is 0 Å². The van der Waals surface area contributed by atoms with Gasteiger partial charge >= 0.3 is 0 Å². The number of rotatable bonds is 1. The normalized spacial score (nSPS) is 15.4. The van der Waals surface area contributed by atoms with Crippen molar-refractivity contribution in [2.75, 3.05) is 0 Å². The van der Waals surface area contributed by atoms with Gasteiger partial charge in [-0.25, -0.2) is 13.2 Å². The van der Waals surface area contributed by atoms with Crippen LogP contribution in [0.25, 0.3) is 0 Å². The first-order valence-corrected chi connectivity index (χ1v) is 2.43. The molecule has 0 saturated carbocycles. The zero-order chi connectivity index (χ0) is 7.44. The van der Waals surface area contributed by atoms with E-state index in [1.807, 2.05) is 0 Å². The Morgan fingerprint density at radius 3 is 1.78 bits per heavy atom. The average Bonchev–Trinajstić information content (AvgIpc) is 1.84. The molecule has 0 bridgehead atoms. The van der Waals surface area contributed by atoms with Crippen molar-refractivity contribution < 1.29 is 13.2 Å². The van der Waals surface area contributed by atoms with Crippen molar-refractivity contribution in [3.05, 3.63) is 23.6 Å². The number of hydrogen-bond donors (Lipinski definition) is 0. The predicted octanol–water partition coefficient (Wildman–Crippen LogP) is 3.03. The smallest absolute Gasteiger partial charge is 0.189 e. The molecule has 0 aliphatic rings. The SMILES string of the molecule is CC=C(F)C(F)=C(C)F. The molecule has 0 unspecified atom stereocenters. The number of allylic oxidation sites excluding steroid dienone is 4. The Morgan fingerprint density at radius 1 is 1.22 bits per heavy atom. The second-order valence-corrected chi connectivity index (χ2v) is 1.48. The van der Waals surface area contributed by atoms with E-state index in [0.29, 0.717) is 0 Å². The van der Waals surface area contributed by atoms with Crippen LogP contribution in [-0.4, -0.2) is 0 Å². The van der Waals surface area contributed by atoms with E-state index in [1.54, 1.807) is 0 Å². The van der Waals surface area contributed by atoms with Crippen LogP contribution in [0.2, 0.25) is 0 Å². The van der Waals surface area contributed by atoms with Gasteiger partial charge in [-0.3, -0.25) is 0 Å². The lowest BCUT2D eigenvalue weighted by atomic mass is 10.4. The molecule has 0 atom stereocenters. The Bertz CT molecular complexity index is 152. The zero-order valence-electron chi connectivity index (χ0n) is 5.21. The summed E-state index contributed by atoms with van der Waals surface area (Å²) in [5.41, 5.74) is 0. The van der Waals surface area contributed by atoms with Gasteiger partial charge in [0.1, 0.15) is 5.83 Å². The first-order chi connectivity index (χ1) is 4.09. The fourth-order valence-corrected chi connectivity index (χ4v) is 0.291. The third-order valence-electron chi connectivity index (χ3n) is 0.766. The predicted molar refractivity (Wildman–Crippen MR) is 29.8 cm³/mol. The van der Waals surface area contributed by atoms with Gasteiger partial charge in [-0.05, 0) is 19.9 Å². The molecule has 0 radical (unpaired) electrons. The third-order valence-corrected chi connectivity index (χ3v) is 0.766. The highest BCUT2D eigenvalue weighted by atomic mass is 19.2. The van der Waals surface area contributed by atoms with Crippen LogP contribution < -0.4 is 0 Å². The largest absolute Gasteiger partial charge is 0.209 e. The van der Waals surface area contributed by atoms with Gasteiger partial charge < -0.3 is 0 Å². The summed E-state index contributed by atoms with van der Waals surface area (Å²) in [5, 5.41) is 0. The van der Waals surface area contributed by atoms with Gasteiger partial charge in [0, 0.05) is 0 Å². The summed E-state index contributed by atoms with van der Waals surface area (Å²) in [7, 11) is 0. The monoisotopic (exact) mass is 136 g/mol. The van der Waals surface area contributed by atoms with E-state index in [4.69, 9.17) is 0 Å². The average molecular weight is 136 g/mol. The van der Waals surface area contributed by atoms with Crippen LogP contribution in [0.4, 0.5) is 13.2 Å². The molecule has 0 N–H and O–H groups in total. The molecular formula is C6H7F3. The van der Waals surface area contributed by atoms with Crippen LogP contribution in [0.1, 0.15) is 13.8 Å². The number of halogens is 3. The highest BCUT2D eigenvalue weighted by molar-refractivity contribution is 5.19. The molecule has 0 aliphatic heterocycles. The molecule has 0 nitrogen and oxygen atoms in total. The van der Waals surface area contributed by atoms with Crippen molar-refractivity contribution in [2.45, 2.75) is 13.8 Å². The van der Waals surface area contributed by atoms with Crippen molar-refractivity contribution in [3.8, 4) is 0 Å². The minimum Gasteiger partial charge on any atom is -0.209 e. The standard InChI is InChI=1S/C6H7F3/c1-3-5(8)6(9)4(2)7/h3H,1-2H3. The highest BCUT2D eigenvalue weighted by Gasteiger charge is 2.04. The maximum absolute atomic E-state index is 12.0. The molecule has 0 aliphatic carbocycles. The van der Waals surface area contributed by atoms with Crippen molar-refractivity contribution in [1.29, 1.82) is 0 Å². The summed E-state index contributed by atoms with van der Waals surface area (Å²) < 4.78 is 35.7. The van der Waals surface area contributed by atoms with Gasteiger partial charge in [-0.1, -0.05) is 0 Å². The van der Waals surface area contributed by atoms with Gasteiger partial charge in [-0.2, -0.15) is 0 Å². The fraction of sp³-hybridized carbons (Fsp3) is 0.333. The fourth-order valence-electron chi connectivity index (χ4n) is 0.291. The maximum Gasteiger partial charge on any atom is 0.189 e. The van der Waals surface area contributed by atoms with Gasteiger partial charge in [-0.15, -0.1) is 0 Å². The Hall–Kier alpha value is -0.730. The molecule has 0 fully saturated rings. The van der Waals surface area contributed by atoms with Crippen LogP contribution in [0.5, 0.6) is 0 Å². The van der Waals surface area contributed by atoms with Gasteiger partial charge in [0.05, 0.1) is 0 Å². The van der Waals surface area contributed by atoms with Crippen LogP contribution in [0.15, 0.2) is 23.6 Å². The van der Waals surface area contributed by atoms with E-state index in [9.17, 15) is 13.2 Å². The van der Waals surface area contributed by atoms with Crippen LogP contribution in [0, 0.1) is 0 Å². The van der Waals surface area contributed by atoms with E-state index >= 15 is 0 Å². The number of hydrogen-bond acceptors (Lipinski definition) is 0. The summed E-state index contributed by atoms with van der Waals surface area (Å²) in [4.78, 5) is 0. The molecule has 9 heavy (non-hydrogen) atoms. The van der Waals surface area contributed by atoms with Crippen molar-refractivity contribution in [3.63, 3.8) is 0 Å². The van der Waals surface area contributed by atoms with Gasteiger partial charge in [0.25, 0.3) is 0 Å². The van der Waals surface area contributed by atoms with Gasteiger partial charge in [0.15, 0.2) is 11.7 Å². The molecule has 52 valence electrons. The van der Waals surface area contributed by atoms with Crippen molar-refractivity contribution in [1.82, 2.24) is 0 Å². The van der Waals surface area contributed by atoms with Crippen molar-refractivity contribution >= 4 is 0 Å². The Kier molecular flexibility index (Phi) is 3.06. The molecule has 0 heterocycles. The van der Waals surface area contributed by atoms with E-state index in [1.165, 1.54) is 6.92 Å². The lowest BCUT2D eigenvalue weighted by Crippen LogP contribution is -1.76. The molecule has 0 rings (SSSR count). The molecule has 0 aromatic rings. The summed E-state index contributed by atoms with van der Waals surface area (Å²) in [5.74, 6) is -3.71. The summed E-state index contributed by atoms with van der Waals surface area (Å²) >= 11 is 0. The first-order valence-electron chi connectivity index (χ1n) is 2.43. The maximum atomic E-state index is 12.0. The van der Waals surface area contributed by atoms with E-state index in [-0.39, 0.29) is 0 Å². The van der Waals surface area contributed by atoms with E-state index in [0.717, 1.165) is 13.0 Å². The summed E-state index contributed by atoms with van der Waals surface area (Å²) in [6, 6.07) is 0. The highest BCUT2D eigenvalue weighted by Crippen LogP contribution is 2.17. The summed E-state index contributed by atoms with van der Waals surface area (Å²) in [6.07, 6.45) is 0.860. The molecule has 3 heteroatoms. The second kappa shape index (κ2) is 3.33. The Labute approximate surface area is 51.7 Å². The van der Waals surface area contributed by atoms with E-state index in [2.05, 4.69) is 0 Å². The second-order valence-electron chi connectivity index (χ2n) is 1.48.